The van der Waals surface area contributed by atoms with Crippen LogP contribution in [0.1, 0.15) is 30.1 Å². The van der Waals surface area contributed by atoms with Gasteiger partial charge in [-0.15, -0.1) is 0 Å². The maximum atomic E-state index is 12.8. The zero-order valence-corrected chi connectivity index (χ0v) is 8.94. The Morgan fingerprint density at radius 2 is 2.06 bits per heavy atom. The molecule has 1 rings (SSSR count). The number of halogens is 1. The molecule has 0 spiro atoms. The molecule has 0 fully saturated rings. The molecule has 16 heavy (non-hydrogen) atoms. The van der Waals surface area contributed by atoms with E-state index < -0.39 is 11.8 Å². The second-order valence-corrected chi connectivity index (χ2v) is 3.84. The standard InChI is InChI=1S/C12H13FO3/c1-8(6-12(15)16)5-11(14)9-3-2-4-10(13)7-9/h2-4,7-8H,5-6H2,1H3,(H,15,16)/t8-/m1/s1. The fraction of sp³-hybridized carbons (Fsp3) is 0.333. The fourth-order valence-corrected chi connectivity index (χ4v) is 1.47. The van der Waals surface area contributed by atoms with Crippen LogP contribution in [0, 0.1) is 11.7 Å². The van der Waals surface area contributed by atoms with E-state index in [9.17, 15) is 14.0 Å². The third-order valence-electron chi connectivity index (χ3n) is 2.20. The van der Waals surface area contributed by atoms with E-state index in [0.717, 1.165) is 6.07 Å². The maximum Gasteiger partial charge on any atom is 0.303 e. The summed E-state index contributed by atoms with van der Waals surface area (Å²) >= 11 is 0. The molecule has 0 aliphatic carbocycles. The fourth-order valence-electron chi connectivity index (χ4n) is 1.47. The van der Waals surface area contributed by atoms with Gasteiger partial charge in [-0.05, 0) is 18.1 Å². The average molecular weight is 224 g/mol. The number of carboxylic acid groups (broad SMARTS) is 1. The minimum atomic E-state index is -0.931. The summed E-state index contributed by atoms with van der Waals surface area (Å²) in [6.07, 6.45) is 0.0663. The lowest BCUT2D eigenvalue weighted by Crippen LogP contribution is -2.10. The van der Waals surface area contributed by atoms with Crippen LogP contribution in [0.3, 0.4) is 0 Å². The van der Waals surface area contributed by atoms with Gasteiger partial charge in [0, 0.05) is 18.4 Å². The monoisotopic (exact) mass is 224 g/mol. The van der Waals surface area contributed by atoms with Gasteiger partial charge in [0.1, 0.15) is 5.82 Å². The lowest BCUT2D eigenvalue weighted by Gasteiger charge is -2.07. The van der Waals surface area contributed by atoms with Crippen LogP contribution in [0.4, 0.5) is 4.39 Å². The van der Waals surface area contributed by atoms with Crippen molar-refractivity contribution in [2.45, 2.75) is 19.8 Å². The first-order chi connectivity index (χ1) is 7.49. The lowest BCUT2D eigenvalue weighted by atomic mass is 9.97. The Morgan fingerprint density at radius 1 is 1.38 bits per heavy atom. The lowest BCUT2D eigenvalue weighted by molar-refractivity contribution is -0.137. The molecule has 0 radical (unpaired) electrons. The number of carboxylic acids is 1. The molecular formula is C12H13FO3. The summed E-state index contributed by atoms with van der Waals surface area (Å²) in [6.45, 7) is 1.69. The molecule has 1 aromatic rings. The molecule has 4 heteroatoms. The maximum absolute atomic E-state index is 12.8. The number of carbonyl (C=O) groups is 2. The average Bonchev–Trinajstić information content (AvgIpc) is 2.16. The van der Waals surface area contributed by atoms with E-state index in [2.05, 4.69) is 0 Å². The van der Waals surface area contributed by atoms with Crippen LogP contribution in [-0.4, -0.2) is 16.9 Å². The van der Waals surface area contributed by atoms with Crippen LogP contribution >= 0.6 is 0 Å². The van der Waals surface area contributed by atoms with Crippen molar-refractivity contribution in [3.63, 3.8) is 0 Å². The number of hydrogen-bond donors (Lipinski definition) is 1. The van der Waals surface area contributed by atoms with Crippen LogP contribution in [0.5, 0.6) is 0 Å². The van der Waals surface area contributed by atoms with Crippen molar-refractivity contribution in [1.82, 2.24) is 0 Å². The van der Waals surface area contributed by atoms with Gasteiger partial charge in [0.25, 0.3) is 0 Å². The van der Waals surface area contributed by atoms with Crippen molar-refractivity contribution in [2.75, 3.05) is 0 Å². The van der Waals surface area contributed by atoms with E-state index >= 15 is 0 Å². The van der Waals surface area contributed by atoms with E-state index in [1.165, 1.54) is 18.2 Å². The zero-order chi connectivity index (χ0) is 12.1. The van der Waals surface area contributed by atoms with E-state index in [1.807, 2.05) is 0 Å². The number of aliphatic carboxylic acids is 1. The second-order valence-electron chi connectivity index (χ2n) is 3.84. The van der Waals surface area contributed by atoms with Gasteiger partial charge in [0.15, 0.2) is 5.78 Å². The Kier molecular flexibility index (Phi) is 4.17. The first-order valence-electron chi connectivity index (χ1n) is 4.99. The normalized spacial score (nSPS) is 12.1. The minimum absolute atomic E-state index is 0.0545. The van der Waals surface area contributed by atoms with Gasteiger partial charge in [-0.25, -0.2) is 4.39 Å². The van der Waals surface area contributed by atoms with Crippen LogP contribution in [0.2, 0.25) is 0 Å². The summed E-state index contributed by atoms with van der Waals surface area (Å²) < 4.78 is 12.8. The molecule has 1 atom stereocenters. The number of Topliss-reactive ketones (excluding diaryl/α,β-unsaturated/α-hetero) is 1. The smallest absolute Gasteiger partial charge is 0.303 e. The molecular weight excluding hydrogens is 211 g/mol. The summed E-state index contributed by atoms with van der Waals surface area (Å²) in [5.41, 5.74) is 0.289. The van der Waals surface area contributed by atoms with Crippen molar-refractivity contribution in [3.8, 4) is 0 Å². The Balaban J connectivity index is 2.62. The SMILES string of the molecule is C[C@@H](CC(=O)O)CC(=O)c1cccc(F)c1. The highest BCUT2D eigenvalue weighted by Gasteiger charge is 2.14. The van der Waals surface area contributed by atoms with Gasteiger partial charge in [-0.1, -0.05) is 19.1 Å². The summed E-state index contributed by atoms with van der Waals surface area (Å²) in [5.74, 6) is -1.86. The van der Waals surface area contributed by atoms with Crippen molar-refractivity contribution >= 4 is 11.8 Å². The summed E-state index contributed by atoms with van der Waals surface area (Å²) in [6, 6.07) is 5.41. The molecule has 0 aliphatic rings. The Bertz CT molecular complexity index is 401. The van der Waals surface area contributed by atoms with Crippen LogP contribution in [-0.2, 0) is 4.79 Å². The highest BCUT2D eigenvalue weighted by atomic mass is 19.1. The molecule has 3 nitrogen and oxygen atoms in total. The number of benzene rings is 1. The molecule has 0 amide bonds. The molecule has 0 heterocycles. The van der Waals surface area contributed by atoms with Gasteiger partial charge < -0.3 is 5.11 Å². The predicted octanol–water partition coefficient (Wildman–Crippen LogP) is 2.51. The van der Waals surface area contributed by atoms with Crippen molar-refractivity contribution < 1.29 is 19.1 Å². The van der Waals surface area contributed by atoms with Crippen molar-refractivity contribution in [2.24, 2.45) is 5.92 Å². The summed E-state index contributed by atoms with van der Waals surface area (Å²) in [4.78, 5) is 22.0. The van der Waals surface area contributed by atoms with Crippen molar-refractivity contribution in [3.05, 3.63) is 35.6 Å². The van der Waals surface area contributed by atoms with Gasteiger partial charge in [0.2, 0.25) is 0 Å². The third-order valence-corrected chi connectivity index (χ3v) is 2.20. The minimum Gasteiger partial charge on any atom is -0.481 e. The van der Waals surface area contributed by atoms with Crippen LogP contribution < -0.4 is 0 Å². The molecule has 0 saturated heterocycles. The number of carbonyl (C=O) groups excluding carboxylic acids is 1. The molecule has 1 N–H and O–H groups in total. The zero-order valence-electron chi connectivity index (χ0n) is 8.94. The Labute approximate surface area is 92.9 Å². The number of hydrogen-bond acceptors (Lipinski definition) is 2. The van der Waals surface area contributed by atoms with Gasteiger partial charge in [0.05, 0.1) is 0 Å². The summed E-state index contributed by atoms with van der Waals surface area (Å²) in [7, 11) is 0. The molecule has 0 saturated carbocycles. The molecule has 0 unspecified atom stereocenters. The molecule has 0 aliphatic heterocycles. The summed E-state index contributed by atoms with van der Waals surface area (Å²) in [5, 5.41) is 8.54. The number of ketones is 1. The highest BCUT2D eigenvalue weighted by Crippen LogP contribution is 2.13. The highest BCUT2D eigenvalue weighted by molar-refractivity contribution is 5.96. The van der Waals surface area contributed by atoms with Crippen molar-refractivity contribution in [1.29, 1.82) is 0 Å². The molecule has 0 aromatic heterocycles. The first kappa shape index (κ1) is 12.4. The van der Waals surface area contributed by atoms with Gasteiger partial charge >= 0.3 is 5.97 Å². The van der Waals surface area contributed by atoms with Crippen LogP contribution in [0.25, 0.3) is 0 Å². The Hall–Kier alpha value is -1.71. The third kappa shape index (κ3) is 3.81. The van der Waals surface area contributed by atoms with E-state index in [-0.39, 0.29) is 30.1 Å². The molecule has 1 aromatic carbocycles. The second kappa shape index (κ2) is 5.39. The topological polar surface area (TPSA) is 54.4 Å². The van der Waals surface area contributed by atoms with Crippen LogP contribution in [0.15, 0.2) is 24.3 Å². The quantitative estimate of drug-likeness (QED) is 0.782. The molecule has 0 bridgehead atoms. The van der Waals surface area contributed by atoms with E-state index in [1.54, 1.807) is 6.92 Å². The Morgan fingerprint density at radius 3 is 2.62 bits per heavy atom. The van der Waals surface area contributed by atoms with E-state index in [4.69, 9.17) is 5.11 Å². The van der Waals surface area contributed by atoms with Gasteiger partial charge in [-0.2, -0.15) is 0 Å². The number of rotatable bonds is 5. The predicted molar refractivity (Wildman–Crippen MR) is 56.8 cm³/mol. The first-order valence-corrected chi connectivity index (χ1v) is 4.99. The van der Waals surface area contributed by atoms with Gasteiger partial charge in [-0.3, -0.25) is 9.59 Å². The molecule has 86 valence electrons. The van der Waals surface area contributed by atoms with E-state index in [0.29, 0.717) is 0 Å². The largest absolute Gasteiger partial charge is 0.481 e.